The molecule has 0 atom stereocenters. The zero-order valence-corrected chi connectivity index (χ0v) is 75.1. The van der Waals surface area contributed by atoms with E-state index in [0.29, 0.717) is 0 Å². The van der Waals surface area contributed by atoms with Gasteiger partial charge in [-0.2, -0.15) is 0 Å². The van der Waals surface area contributed by atoms with E-state index in [9.17, 15) is 0 Å². The van der Waals surface area contributed by atoms with Crippen LogP contribution in [0.1, 0.15) is 89.0 Å². The number of nitrogens with zero attached hydrogens (tertiary/aromatic N) is 16. The summed E-state index contributed by atoms with van der Waals surface area (Å²) in [7, 11) is 0. The van der Waals surface area contributed by atoms with E-state index in [2.05, 4.69) is 276 Å². The average molecular weight is 1790 g/mol. The van der Waals surface area contributed by atoms with Crippen molar-refractivity contribution in [3.63, 3.8) is 0 Å². The molecule has 0 fully saturated rings. The summed E-state index contributed by atoms with van der Waals surface area (Å²) >= 11 is 0. The van der Waals surface area contributed by atoms with Crippen LogP contribution in [0.2, 0.25) is 0 Å². The number of aromatic nitrogens is 16. The molecule has 36 rings (SSSR count). The van der Waals surface area contributed by atoms with E-state index < -0.39 is 0 Å². The molecule has 16 nitrogen and oxygen atoms in total. The molecule has 648 valence electrons. The average Bonchev–Trinajstić information content (AvgIpc) is 1.55. The van der Waals surface area contributed by atoms with Crippen LogP contribution in [0.5, 0.6) is 0 Å². The van der Waals surface area contributed by atoms with Crippen molar-refractivity contribution in [3.8, 4) is 89.0 Å². The van der Waals surface area contributed by atoms with Crippen molar-refractivity contribution >= 4 is 153 Å². The quantitative estimate of drug-likeness (QED) is 0.132. The van der Waals surface area contributed by atoms with Gasteiger partial charge in [0.05, 0.1) is 116 Å². The highest BCUT2D eigenvalue weighted by Crippen LogP contribution is 2.57. The second kappa shape index (κ2) is 27.7. The van der Waals surface area contributed by atoms with E-state index in [1.165, 1.54) is 243 Å². The molecule has 8 aliphatic carbocycles. The fourth-order valence-corrected chi connectivity index (χ4v) is 26.4. The molecule has 0 unspecified atom stereocenters. The molecule has 16 heterocycles. The second-order valence-electron chi connectivity index (χ2n) is 38.7. The summed E-state index contributed by atoms with van der Waals surface area (Å²) in [4.78, 5) is 55.6. The summed E-state index contributed by atoms with van der Waals surface area (Å²) in [5, 5.41) is 14.8. The number of fused-ring (bicyclic) bond motifs is 63. The molecule has 0 saturated heterocycles. The molecular weight excluding hydrogens is 1710 g/mol. The summed E-state index contributed by atoms with van der Waals surface area (Å²) in [6.07, 6.45) is 38.2. The van der Waals surface area contributed by atoms with Crippen molar-refractivity contribution in [2.45, 2.75) is 51.4 Å². The predicted octanol–water partition coefficient (Wildman–Crippen LogP) is 26.9. The maximum atomic E-state index is 5.05. The largest absolute Gasteiger partial charge is 0.289 e. The Labute approximate surface area is 796 Å². The van der Waals surface area contributed by atoms with Crippen LogP contribution in [-0.2, 0) is 51.4 Å². The Balaban J connectivity index is 0.0000000829. The third-order valence-electron chi connectivity index (χ3n) is 32.1. The van der Waals surface area contributed by atoms with Crippen LogP contribution in [0.25, 0.3) is 242 Å². The Bertz CT molecular complexity index is 10600. The Hall–Kier alpha value is -18.3. The number of hydrogen-bond donors (Lipinski definition) is 0. The van der Waals surface area contributed by atoms with E-state index in [1.54, 1.807) is 0 Å². The highest BCUT2D eigenvalue weighted by atomic mass is 15.1. The lowest BCUT2D eigenvalue weighted by atomic mass is 9.93. The summed E-state index contributed by atoms with van der Waals surface area (Å²) in [5.74, 6) is 0. The van der Waals surface area contributed by atoms with Crippen LogP contribution in [-0.4, -0.2) is 77.4 Å². The first kappa shape index (κ1) is 75.1. The maximum Gasteiger partial charge on any atom is 0.146 e. The van der Waals surface area contributed by atoms with Crippen LogP contribution in [0.15, 0.2) is 342 Å². The standard InChI is InChI=1S/4C31H18N4/c1-2-4-20-17(3-1)11-18-12-25-19(13-24(18)20)14-26-21(25)5-6-23-30(26)22-7-9-32-15-28(22)35-29-16-33-10-8-27(29)34-31(23)35;1-2-4-19-17(3-1)13-24-20(19)6-5-18-14-25-21(29(18)24)7-8-23-30(25)22-9-11-32-15-27(22)35-28-16-33-12-10-26(28)34-31(23)35;1-2-4-19-17(3-1)13-18-5-6-20-21-7-8-23-30(25(21)14-24(20)29(18)19)22-9-11-32-15-27(22)35-28-16-33-12-10-26(28)34-31(23)35;1-2-4-18-17(3-1)13-24-19(18)5-6-20-21-7-8-23-30(26(21)14-25(20)24)22-9-11-32-15-28(22)35-29-16-33-12-10-27(29)34-31(23)35/h1-10,12-13,15-16H,11,14H2;3*1-12,15-16H,13-14H2. The summed E-state index contributed by atoms with van der Waals surface area (Å²) in [5.41, 5.74) is 61.3. The number of hydrogen-bond acceptors (Lipinski definition) is 12. The zero-order valence-electron chi connectivity index (χ0n) is 75.1. The minimum Gasteiger partial charge on any atom is -0.289 e. The lowest BCUT2D eigenvalue weighted by Gasteiger charge is -2.13. The van der Waals surface area contributed by atoms with Gasteiger partial charge in [-0.3, -0.25) is 57.5 Å². The van der Waals surface area contributed by atoms with Crippen LogP contribution in [0.3, 0.4) is 0 Å². The van der Waals surface area contributed by atoms with Crippen molar-refractivity contribution in [2.24, 2.45) is 0 Å². The number of rotatable bonds is 0. The van der Waals surface area contributed by atoms with Gasteiger partial charge in [-0.25, -0.2) is 19.9 Å². The molecule has 0 radical (unpaired) electrons. The molecule has 0 spiro atoms. The van der Waals surface area contributed by atoms with Gasteiger partial charge in [0.2, 0.25) is 0 Å². The van der Waals surface area contributed by atoms with Gasteiger partial charge >= 0.3 is 0 Å². The topological polar surface area (TPSA) is 172 Å². The third-order valence-corrected chi connectivity index (χ3v) is 32.1. The summed E-state index contributed by atoms with van der Waals surface area (Å²) in [6, 6.07) is 89.2. The van der Waals surface area contributed by atoms with Gasteiger partial charge in [0, 0.05) is 92.7 Å². The van der Waals surface area contributed by atoms with E-state index in [4.69, 9.17) is 19.9 Å². The minimum absolute atomic E-state index is 0.937. The van der Waals surface area contributed by atoms with E-state index in [-0.39, 0.29) is 0 Å². The normalized spacial score (nSPS) is 13.5. The van der Waals surface area contributed by atoms with Gasteiger partial charge in [-0.05, 0) is 336 Å². The molecule has 0 saturated carbocycles. The van der Waals surface area contributed by atoms with Crippen LogP contribution >= 0.6 is 0 Å². The molecule has 0 bridgehead atoms. The fraction of sp³-hybridized carbons (Fsp3) is 0.0645. The highest BCUT2D eigenvalue weighted by molar-refractivity contribution is 6.22. The first-order valence-corrected chi connectivity index (χ1v) is 48.1. The number of imidazole rings is 4. The van der Waals surface area contributed by atoms with Gasteiger partial charge in [-0.1, -0.05) is 158 Å². The van der Waals surface area contributed by atoms with Gasteiger partial charge < -0.3 is 0 Å². The van der Waals surface area contributed by atoms with Gasteiger partial charge in [0.25, 0.3) is 0 Å². The lowest BCUT2D eigenvalue weighted by Crippen LogP contribution is -1.95. The van der Waals surface area contributed by atoms with Crippen molar-refractivity contribution in [3.05, 3.63) is 431 Å². The first-order chi connectivity index (χ1) is 69.4. The van der Waals surface area contributed by atoms with Crippen LogP contribution in [0, 0.1) is 0 Å². The van der Waals surface area contributed by atoms with Gasteiger partial charge in [0.15, 0.2) is 0 Å². The SMILES string of the molecule is c1ccc2c(c1)Cc1c-2ccc2c1-c1ccc3c(c1C2)c1ccncc1n1c2cnccc2nc31.c1ccc2c(c1)Cc1c-2ccc2c1Cc1c-2ccc2c1c1ccncc1n1c3cnccc3nc21.c1ccc2c(c1)Cc1cc3c(cc1-2)Cc1c-3ccc2c1c1ccncc1n1c3cnccc3nc21.c1ccc2c(c1)Cc1ccc3c(c1-2)Cc1c-3ccc2c1c1ccncc1n1c3cnccc3nc21. The summed E-state index contributed by atoms with van der Waals surface area (Å²) < 4.78 is 8.87. The van der Waals surface area contributed by atoms with Crippen LogP contribution in [0.4, 0.5) is 0 Å². The Kier molecular flexibility index (Phi) is 14.9. The monoisotopic (exact) mass is 1780 g/mol. The third kappa shape index (κ3) is 10.1. The Morgan fingerprint density at radius 2 is 0.421 bits per heavy atom. The highest BCUT2D eigenvalue weighted by Gasteiger charge is 2.37. The molecule has 0 amide bonds. The van der Waals surface area contributed by atoms with Crippen LogP contribution < -0.4 is 0 Å². The van der Waals surface area contributed by atoms with E-state index in [1.807, 2.05) is 123 Å². The number of pyridine rings is 12. The van der Waals surface area contributed by atoms with Gasteiger partial charge in [0.1, 0.15) is 22.6 Å². The predicted molar refractivity (Wildman–Crippen MR) is 559 cm³/mol. The molecule has 12 aromatic carbocycles. The second-order valence-corrected chi connectivity index (χ2v) is 38.7. The van der Waals surface area contributed by atoms with E-state index in [0.717, 1.165) is 140 Å². The zero-order chi connectivity index (χ0) is 90.7. The Morgan fingerprint density at radius 1 is 0.164 bits per heavy atom. The fourth-order valence-electron chi connectivity index (χ4n) is 26.4. The Morgan fingerprint density at radius 3 is 0.879 bits per heavy atom. The van der Waals surface area contributed by atoms with Crippen molar-refractivity contribution in [1.82, 2.24) is 77.4 Å². The van der Waals surface area contributed by atoms with Crippen molar-refractivity contribution < 1.29 is 0 Å². The molecule has 0 aliphatic heterocycles. The maximum absolute atomic E-state index is 5.05. The molecule has 140 heavy (non-hydrogen) atoms. The lowest BCUT2D eigenvalue weighted by molar-refractivity contribution is 1.17. The first-order valence-electron chi connectivity index (χ1n) is 48.1. The molecule has 28 aromatic rings. The molecular formula is C124H72N16. The molecule has 0 N–H and O–H groups in total. The van der Waals surface area contributed by atoms with E-state index >= 15 is 0 Å². The van der Waals surface area contributed by atoms with Gasteiger partial charge in [-0.15, -0.1) is 0 Å². The molecule has 16 heteroatoms. The van der Waals surface area contributed by atoms with Crippen molar-refractivity contribution in [1.29, 1.82) is 0 Å². The smallest absolute Gasteiger partial charge is 0.146 e. The minimum atomic E-state index is 0.937. The van der Waals surface area contributed by atoms with Crippen molar-refractivity contribution in [2.75, 3.05) is 0 Å². The molecule has 8 aliphatic rings. The molecule has 16 aromatic heterocycles. The summed E-state index contributed by atoms with van der Waals surface area (Å²) in [6.45, 7) is 0. The number of benzene rings is 12.